The van der Waals surface area contributed by atoms with Crippen molar-refractivity contribution in [3.05, 3.63) is 107 Å². The van der Waals surface area contributed by atoms with Crippen molar-refractivity contribution >= 4 is 34.5 Å². The Bertz CT molecular complexity index is 2600. The predicted octanol–water partition coefficient (Wildman–Crippen LogP) is 6.42. The average Bonchev–Trinajstić information content (AvgIpc) is 3.95. The monoisotopic (exact) mass is 854 g/mol. The van der Waals surface area contributed by atoms with Gasteiger partial charge in [-0.05, 0) is 78.6 Å². The topological polar surface area (TPSA) is 134 Å². The van der Waals surface area contributed by atoms with Gasteiger partial charge >= 0.3 is 17.9 Å². The van der Waals surface area contributed by atoms with E-state index in [1.165, 1.54) is 26.7 Å². The summed E-state index contributed by atoms with van der Waals surface area (Å²) in [7, 11) is 6.24. The summed E-state index contributed by atoms with van der Waals surface area (Å²) in [5, 5.41) is 14.4. The average molecular weight is 855 g/mol. The van der Waals surface area contributed by atoms with Crippen molar-refractivity contribution in [2.24, 2.45) is 11.3 Å². The molecule has 12 heteroatoms. The van der Waals surface area contributed by atoms with E-state index in [1.54, 1.807) is 7.11 Å². The summed E-state index contributed by atoms with van der Waals surface area (Å²) in [5.74, 6) is -1.37. The lowest BCUT2D eigenvalue weighted by Gasteiger charge is -2.63. The number of likely N-dealkylation sites (N-methyl/N-ethyl adjacent to an activating group) is 1. The molecule has 12 nitrogen and oxygen atoms in total. The van der Waals surface area contributed by atoms with Gasteiger partial charge in [0.15, 0.2) is 6.10 Å². The predicted molar refractivity (Wildman–Crippen MR) is 240 cm³/mol. The fourth-order valence-electron chi connectivity index (χ4n) is 13.7. The molecule has 6 heterocycles. The fraction of sp³-hybridized carbons (Fsp3) is 0.471. The molecule has 4 aromatic rings. The lowest BCUT2D eigenvalue weighted by molar-refractivity contribution is -0.228. The van der Waals surface area contributed by atoms with Gasteiger partial charge in [-0.2, -0.15) is 0 Å². The number of carbonyl (C=O) groups excluding carboxylic acids is 3. The molecule has 2 N–H and O–H groups in total. The highest BCUT2D eigenvalue weighted by Crippen LogP contribution is 2.68. The Kier molecular flexibility index (Phi) is 9.78. The maximum absolute atomic E-state index is 15.5. The van der Waals surface area contributed by atoms with Gasteiger partial charge < -0.3 is 33.9 Å². The largest absolute Gasteiger partial charge is 0.496 e. The highest BCUT2D eigenvalue weighted by molar-refractivity contribution is 5.96. The van der Waals surface area contributed by atoms with Crippen LogP contribution >= 0.6 is 0 Å². The summed E-state index contributed by atoms with van der Waals surface area (Å²) in [6, 6.07) is 19.7. The van der Waals surface area contributed by atoms with E-state index in [-0.39, 0.29) is 12.0 Å². The van der Waals surface area contributed by atoms with Crippen molar-refractivity contribution in [1.29, 1.82) is 0 Å². The minimum atomic E-state index is -2.29. The van der Waals surface area contributed by atoms with Crippen LogP contribution < -0.4 is 9.64 Å². The molecule has 1 saturated carbocycles. The molecule has 1 unspecified atom stereocenters. The van der Waals surface area contributed by atoms with Gasteiger partial charge in [-0.3, -0.25) is 19.4 Å². The summed E-state index contributed by atoms with van der Waals surface area (Å²) >= 11 is 0. The molecule has 2 fully saturated rings. The summed E-state index contributed by atoms with van der Waals surface area (Å²) in [6.07, 6.45) is 7.61. The molecule has 1 saturated heterocycles. The molecule has 1 spiro atoms. The van der Waals surface area contributed by atoms with Crippen LogP contribution in [0.25, 0.3) is 22.0 Å². The van der Waals surface area contributed by atoms with Gasteiger partial charge in [-0.25, -0.2) is 4.79 Å². The summed E-state index contributed by atoms with van der Waals surface area (Å²) < 4.78 is 24.1. The van der Waals surface area contributed by atoms with Crippen LogP contribution in [0.3, 0.4) is 0 Å². The second-order valence-electron chi connectivity index (χ2n) is 18.8. The zero-order valence-corrected chi connectivity index (χ0v) is 37.3. The van der Waals surface area contributed by atoms with Crippen LogP contribution in [0.5, 0.6) is 5.75 Å². The van der Waals surface area contributed by atoms with Crippen molar-refractivity contribution in [3.63, 3.8) is 0 Å². The second kappa shape index (κ2) is 14.8. The molecule has 330 valence electrons. The number of nitrogens with zero attached hydrogens (tertiary/aromatic N) is 3. The Hall–Kier alpha value is -5.43. The van der Waals surface area contributed by atoms with Crippen molar-refractivity contribution in [2.75, 3.05) is 59.5 Å². The Labute approximate surface area is 368 Å². The Balaban J connectivity index is 1.28. The number of benzene rings is 3. The van der Waals surface area contributed by atoms with E-state index in [1.807, 2.05) is 43.1 Å². The number of hydrogen-bond donors (Lipinski definition) is 2. The van der Waals surface area contributed by atoms with Gasteiger partial charge in [0.2, 0.25) is 5.60 Å². The smallest absolute Gasteiger partial charge is 0.344 e. The summed E-state index contributed by atoms with van der Waals surface area (Å²) in [5.41, 5.74) is 3.05. The quantitative estimate of drug-likeness (QED) is 0.116. The maximum atomic E-state index is 15.5. The number of esters is 3. The first-order valence-corrected chi connectivity index (χ1v) is 22.4. The number of hydrogen-bond acceptors (Lipinski definition) is 11. The van der Waals surface area contributed by atoms with Gasteiger partial charge in [-0.1, -0.05) is 74.0 Å². The van der Waals surface area contributed by atoms with E-state index < -0.39 is 51.9 Å². The Morgan fingerprint density at radius 1 is 0.921 bits per heavy atom. The van der Waals surface area contributed by atoms with Crippen LogP contribution in [0.2, 0.25) is 0 Å². The minimum Gasteiger partial charge on any atom is -0.496 e. The van der Waals surface area contributed by atoms with Gasteiger partial charge in [0.1, 0.15) is 11.2 Å². The molecule has 3 aromatic carbocycles. The number of fused-ring (bicyclic) bond motifs is 6. The van der Waals surface area contributed by atoms with Gasteiger partial charge in [0, 0.05) is 90.9 Å². The number of aromatic amines is 1. The maximum Gasteiger partial charge on any atom is 0.344 e. The molecule has 9 atom stereocenters. The molecule has 6 aliphatic rings. The number of aliphatic hydroxyl groups is 1. The van der Waals surface area contributed by atoms with Crippen molar-refractivity contribution in [1.82, 2.24) is 14.8 Å². The first-order chi connectivity index (χ1) is 30.4. The molecule has 1 aliphatic carbocycles. The van der Waals surface area contributed by atoms with Gasteiger partial charge in [0.25, 0.3) is 0 Å². The van der Waals surface area contributed by atoms with E-state index in [9.17, 15) is 14.7 Å². The van der Waals surface area contributed by atoms with Crippen molar-refractivity contribution < 1.29 is 38.4 Å². The molecule has 5 aliphatic heterocycles. The second-order valence-corrected chi connectivity index (χ2v) is 18.8. The third-order valence-electron chi connectivity index (χ3n) is 16.0. The first-order valence-electron chi connectivity index (χ1n) is 22.4. The molecule has 2 bridgehead atoms. The van der Waals surface area contributed by atoms with Crippen LogP contribution in [0.1, 0.15) is 68.8 Å². The molecular formula is C51H58N4O8. The number of rotatable bonds is 8. The Morgan fingerprint density at radius 3 is 2.40 bits per heavy atom. The molecule has 10 rings (SSSR count). The number of methoxy groups -OCH3 is 3. The van der Waals surface area contributed by atoms with Crippen LogP contribution in [0.4, 0.5) is 5.69 Å². The van der Waals surface area contributed by atoms with Crippen LogP contribution in [-0.2, 0) is 46.0 Å². The summed E-state index contributed by atoms with van der Waals surface area (Å²) in [6.45, 7) is 9.11. The third-order valence-corrected chi connectivity index (χ3v) is 16.0. The number of ether oxygens (including phenoxy) is 4. The van der Waals surface area contributed by atoms with Crippen LogP contribution in [0, 0.1) is 11.3 Å². The molecule has 1 aromatic heterocycles. The number of anilines is 1. The SMILES string of the molecule is CCC1=C[C@H]2CN(C1)Cc1c([nH]c3ccc(-c4ccccc4)cc13)[C@@](C(=O)OC)(c1cc3c(cc1OC)N(C)[C@H]1[C@@](O)(C(=O)OC)[C@H](OC(C)=O)[C@]4(CC)C=CCN5CC[C@]31[C@@H]54)C2. The van der Waals surface area contributed by atoms with E-state index in [0.29, 0.717) is 50.2 Å². The number of H-pyrrole nitrogens is 1. The fourth-order valence-corrected chi connectivity index (χ4v) is 13.7. The van der Waals surface area contributed by atoms with Gasteiger partial charge in [-0.15, -0.1) is 0 Å². The summed E-state index contributed by atoms with van der Waals surface area (Å²) in [4.78, 5) is 53.7. The normalized spacial score (nSPS) is 32.7. The van der Waals surface area contributed by atoms with Crippen LogP contribution in [0.15, 0.2) is 84.5 Å². The van der Waals surface area contributed by atoms with Gasteiger partial charge in [0.05, 0.1) is 27.4 Å². The molecular weight excluding hydrogens is 797 g/mol. The van der Waals surface area contributed by atoms with Crippen molar-refractivity contribution in [2.45, 2.75) is 87.6 Å². The van der Waals surface area contributed by atoms with E-state index in [2.05, 4.69) is 76.3 Å². The molecule has 0 amide bonds. The van der Waals surface area contributed by atoms with Crippen molar-refractivity contribution in [3.8, 4) is 16.9 Å². The van der Waals surface area contributed by atoms with E-state index in [0.717, 1.165) is 64.0 Å². The lowest BCUT2D eigenvalue weighted by Crippen LogP contribution is -2.81. The Morgan fingerprint density at radius 2 is 1.70 bits per heavy atom. The first kappa shape index (κ1) is 41.6. The number of nitrogens with one attached hydrogen (secondary N) is 1. The zero-order valence-electron chi connectivity index (χ0n) is 37.3. The van der Waals surface area contributed by atoms with E-state index in [4.69, 9.17) is 18.9 Å². The van der Waals surface area contributed by atoms with E-state index >= 15 is 4.79 Å². The zero-order chi connectivity index (χ0) is 44.2. The standard InChI is InChI=1S/C51H58N4O8/c1-8-31-22-32-26-50(46(57)61-6,42-36(29-54(27-31)28-32)35-23-34(16-17-39(35)52-42)33-14-11-10-12-15-33)38-24-37-40(25-41(38)60-5)53(4)44-49(37)19-21-55-20-13-18-48(9-2,43(49)55)45(63-30(3)56)51(44,59)47(58)62-7/h10-18,22-25,32,43-45,52,59H,8-9,19-21,26-29H2,1-7H3/t32-,43+,44-,45-,48-,49-,50+,51+/m1/s1. The molecule has 0 radical (unpaired) electrons. The minimum absolute atomic E-state index is 0.000525. The lowest BCUT2D eigenvalue weighted by atomic mass is 9.47. The number of carbonyl (C=O) groups is 3. The number of aromatic nitrogens is 1. The molecule has 63 heavy (non-hydrogen) atoms. The third kappa shape index (κ3) is 5.53. The highest BCUT2D eigenvalue weighted by atomic mass is 16.6. The highest BCUT2D eigenvalue weighted by Gasteiger charge is 2.80. The van der Waals surface area contributed by atoms with Crippen LogP contribution in [-0.4, -0.2) is 116 Å².